The molecule has 0 aromatic rings. The van der Waals surface area contributed by atoms with Crippen molar-refractivity contribution in [3.05, 3.63) is 70.9 Å². The highest BCUT2D eigenvalue weighted by Crippen LogP contribution is 2.40. The molecule has 2 nitrogen and oxygen atoms in total. The van der Waals surface area contributed by atoms with E-state index >= 15 is 0 Å². The Morgan fingerprint density at radius 1 is 0.643 bits per heavy atom. The van der Waals surface area contributed by atoms with Crippen LogP contribution in [0.2, 0.25) is 0 Å². The average Bonchev–Trinajstić information content (AvgIpc) is 2.91. The average molecular weight is 575 g/mol. The van der Waals surface area contributed by atoms with E-state index in [1.54, 1.807) is 0 Å². The summed E-state index contributed by atoms with van der Waals surface area (Å²) in [5.41, 5.74) is 4.53. The van der Waals surface area contributed by atoms with Crippen molar-refractivity contribution in [3.8, 4) is 0 Å². The minimum atomic E-state index is 0.0857. The fraction of sp³-hybridized carbons (Fsp3) is 0.650. The van der Waals surface area contributed by atoms with E-state index in [2.05, 4.69) is 104 Å². The lowest BCUT2D eigenvalue weighted by Gasteiger charge is -2.32. The highest BCUT2D eigenvalue weighted by atomic mass is 16.1. The lowest BCUT2D eigenvalue weighted by molar-refractivity contribution is -0.117. The van der Waals surface area contributed by atoms with Crippen LogP contribution in [0.4, 0.5) is 0 Å². The zero-order valence-electron chi connectivity index (χ0n) is 28.8. The second kappa shape index (κ2) is 16.6. The summed E-state index contributed by atoms with van der Waals surface area (Å²) < 4.78 is 0. The van der Waals surface area contributed by atoms with Crippen LogP contribution in [0.1, 0.15) is 133 Å². The van der Waals surface area contributed by atoms with E-state index in [-0.39, 0.29) is 10.8 Å². The number of ketones is 2. The number of hydrogen-bond acceptors (Lipinski definition) is 2. The molecule has 0 N–H and O–H groups in total. The van der Waals surface area contributed by atoms with E-state index in [1.165, 1.54) is 36.8 Å². The van der Waals surface area contributed by atoms with Gasteiger partial charge in [0.2, 0.25) is 0 Å². The largest absolute Gasteiger partial charge is 0.295 e. The molecule has 0 spiro atoms. The van der Waals surface area contributed by atoms with Gasteiger partial charge in [-0.25, -0.2) is 0 Å². The van der Waals surface area contributed by atoms with Crippen molar-refractivity contribution in [3.63, 3.8) is 0 Å². The number of unbranched alkanes of at least 4 members (excludes halogenated alkanes) is 1. The van der Waals surface area contributed by atoms with Crippen molar-refractivity contribution in [2.24, 2.45) is 34.5 Å². The van der Waals surface area contributed by atoms with Gasteiger partial charge < -0.3 is 0 Å². The van der Waals surface area contributed by atoms with E-state index in [0.29, 0.717) is 48.1 Å². The summed E-state index contributed by atoms with van der Waals surface area (Å²) in [7, 11) is 0. The molecule has 4 atom stereocenters. The van der Waals surface area contributed by atoms with Crippen molar-refractivity contribution >= 4 is 11.6 Å². The van der Waals surface area contributed by atoms with Gasteiger partial charge >= 0.3 is 0 Å². The fourth-order valence-electron chi connectivity index (χ4n) is 6.39. The maximum Gasteiger partial charge on any atom is 0.158 e. The molecule has 0 fully saturated rings. The van der Waals surface area contributed by atoms with Crippen LogP contribution in [0, 0.1) is 34.5 Å². The monoisotopic (exact) mass is 574 g/mol. The molecule has 0 saturated carbocycles. The summed E-state index contributed by atoms with van der Waals surface area (Å²) in [5, 5.41) is 0. The van der Waals surface area contributed by atoms with Gasteiger partial charge in [-0.2, -0.15) is 0 Å². The van der Waals surface area contributed by atoms with Crippen LogP contribution in [0.5, 0.6) is 0 Å². The Bertz CT molecular complexity index is 1100. The summed E-state index contributed by atoms with van der Waals surface area (Å²) in [5.74, 6) is 2.79. The third-order valence-electron chi connectivity index (χ3n) is 9.77. The molecule has 0 bridgehead atoms. The molecule has 0 aromatic heterocycles. The normalized spacial score (nSPS) is 22.7. The molecule has 234 valence electrons. The van der Waals surface area contributed by atoms with Crippen molar-refractivity contribution in [2.75, 3.05) is 0 Å². The summed E-state index contributed by atoms with van der Waals surface area (Å²) in [6, 6.07) is 0. The number of carbonyl (C=O) groups excluding carboxylic acids is 2. The number of allylic oxidation sites excluding steroid dienone is 12. The van der Waals surface area contributed by atoms with E-state index in [4.69, 9.17) is 0 Å². The van der Waals surface area contributed by atoms with Crippen LogP contribution in [0.15, 0.2) is 70.9 Å². The first-order valence-corrected chi connectivity index (χ1v) is 16.8. The molecule has 0 aromatic carbocycles. The Morgan fingerprint density at radius 3 is 1.71 bits per heavy atom. The number of rotatable bonds is 15. The fourth-order valence-corrected chi connectivity index (χ4v) is 6.39. The molecular formula is C40H62O2. The van der Waals surface area contributed by atoms with Gasteiger partial charge in [-0.1, -0.05) is 123 Å². The molecule has 0 saturated heterocycles. The zero-order chi connectivity index (χ0) is 31.5. The molecular weight excluding hydrogens is 512 g/mol. The minimum Gasteiger partial charge on any atom is -0.295 e. The second-order valence-electron chi connectivity index (χ2n) is 14.9. The van der Waals surface area contributed by atoms with Crippen LogP contribution < -0.4 is 0 Å². The summed E-state index contributed by atoms with van der Waals surface area (Å²) in [4.78, 5) is 24.4. The molecule has 0 aliphatic heterocycles. The van der Waals surface area contributed by atoms with Gasteiger partial charge in [-0.05, 0) is 103 Å². The predicted octanol–water partition coefficient (Wildman–Crippen LogP) is 11.5. The first kappa shape index (κ1) is 36.0. The van der Waals surface area contributed by atoms with E-state index in [9.17, 15) is 9.59 Å². The molecule has 2 heteroatoms. The van der Waals surface area contributed by atoms with Gasteiger partial charge in [0.05, 0.1) is 0 Å². The molecule has 2 aliphatic carbocycles. The van der Waals surface area contributed by atoms with Crippen LogP contribution in [0.3, 0.4) is 0 Å². The molecule has 0 amide bonds. The van der Waals surface area contributed by atoms with Gasteiger partial charge in [-0.15, -0.1) is 0 Å². The molecule has 0 radical (unpaired) electrons. The Morgan fingerprint density at radius 2 is 1.14 bits per heavy atom. The maximum atomic E-state index is 12.2. The first-order valence-electron chi connectivity index (χ1n) is 16.8. The number of Topliss-reactive ketones (excluding diaryl/α,β-unsaturated/α-hetero) is 2. The van der Waals surface area contributed by atoms with Crippen LogP contribution in [-0.4, -0.2) is 11.6 Å². The van der Waals surface area contributed by atoms with Crippen molar-refractivity contribution < 1.29 is 9.59 Å². The van der Waals surface area contributed by atoms with Crippen molar-refractivity contribution in [1.82, 2.24) is 0 Å². The Labute approximate surface area is 259 Å². The van der Waals surface area contributed by atoms with Gasteiger partial charge in [0, 0.05) is 12.8 Å². The first-order chi connectivity index (χ1) is 19.6. The van der Waals surface area contributed by atoms with E-state index in [0.717, 1.165) is 36.8 Å². The predicted molar refractivity (Wildman–Crippen MR) is 182 cm³/mol. The summed E-state index contributed by atoms with van der Waals surface area (Å²) >= 11 is 0. The van der Waals surface area contributed by atoms with Gasteiger partial charge in [0.1, 0.15) is 0 Å². The standard InChI is InChI=1S/C40H62O2/c1-29(17-13-19-31(3)21-23-35-33(5)37(41)25-27-39(35,7)8)15-11-12-16-30(2)18-14-20-32(4)22-24-36-34(6)38(42)26-28-40(36,9)10/h13-14,17,20-24,29-32H,11-12,15-16,18-19,25-28H2,1-10H3/b17-13+,20-14+,23-21+,24-22+. The second-order valence-corrected chi connectivity index (χ2v) is 14.9. The van der Waals surface area contributed by atoms with Gasteiger partial charge in [0.25, 0.3) is 0 Å². The lowest BCUT2D eigenvalue weighted by Crippen LogP contribution is -2.24. The number of carbonyl (C=O) groups is 2. The lowest BCUT2D eigenvalue weighted by atomic mass is 9.72. The SMILES string of the molecule is CC1=C(/C=C/C(C)/C=C/CC(C)CCCCC(C)/C=C/CC(C)/C=C/C2=C(C)C(=O)CCC2(C)C)C(C)(C)CCC1=O. The molecule has 42 heavy (non-hydrogen) atoms. The van der Waals surface area contributed by atoms with Crippen molar-refractivity contribution in [2.45, 2.75) is 133 Å². The smallest absolute Gasteiger partial charge is 0.158 e. The molecule has 2 rings (SSSR count). The molecule has 0 heterocycles. The van der Waals surface area contributed by atoms with Crippen LogP contribution in [-0.2, 0) is 9.59 Å². The zero-order valence-corrected chi connectivity index (χ0v) is 28.8. The summed E-state index contributed by atoms with van der Waals surface area (Å²) in [6.45, 7) is 22.2. The molecule has 2 aliphatic rings. The third-order valence-corrected chi connectivity index (χ3v) is 9.77. The van der Waals surface area contributed by atoms with Gasteiger partial charge in [-0.3, -0.25) is 9.59 Å². The van der Waals surface area contributed by atoms with E-state index < -0.39 is 0 Å². The highest BCUT2D eigenvalue weighted by Gasteiger charge is 2.31. The topological polar surface area (TPSA) is 34.1 Å². The van der Waals surface area contributed by atoms with E-state index in [1.807, 2.05) is 13.8 Å². The third kappa shape index (κ3) is 11.5. The van der Waals surface area contributed by atoms with Gasteiger partial charge in [0.15, 0.2) is 11.6 Å². The minimum absolute atomic E-state index is 0.0857. The van der Waals surface area contributed by atoms with Crippen molar-refractivity contribution in [1.29, 1.82) is 0 Å². The number of hydrogen-bond donors (Lipinski definition) is 0. The Balaban J connectivity index is 1.66. The quantitative estimate of drug-likeness (QED) is 0.144. The molecule has 4 unspecified atom stereocenters. The summed E-state index contributed by atoms with van der Waals surface area (Å²) in [6.07, 6.45) is 28.9. The Hall–Kier alpha value is -2.22. The van der Waals surface area contributed by atoms with Crippen LogP contribution >= 0.6 is 0 Å². The maximum absolute atomic E-state index is 12.2. The van der Waals surface area contributed by atoms with Crippen LogP contribution in [0.25, 0.3) is 0 Å². The Kier molecular flexibility index (Phi) is 14.2. The highest BCUT2D eigenvalue weighted by molar-refractivity contribution is 5.97.